The number of carbonyl (C=O) groups is 1. The number of sulfonamides is 1. The molecule has 4 rings (SSSR count). The van der Waals surface area contributed by atoms with Crippen LogP contribution in [0.4, 0.5) is 5.69 Å². The highest BCUT2D eigenvalue weighted by Gasteiger charge is 2.31. The molecule has 0 unspecified atom stereocenters. The number of pyridine rings is 1. The fourth-order valence-electron chi connectivity index (χ4n) is 4.05. The number of hydrogen-bond acceptors (Lipinski definition) is 5. The Kier molecular flexibility index (Phi) is 7.70. The fourth-order valence-corrected chi connectivity index (χ4v) is 6.61. The Bertz CT molecular complexity index is 1250. The molecule has 1 aromatic heterocycles. The van der Waals surface area contributed by atoms with E-state index in [4.69, 9.17) is 0 Å². The molecule has 0 bridgehead atoms. The van der Waals surface area contributed by atoms with E-state index < -0.39 is 10.0 Å². The first-order valence-electron chi connectivity index (χ1n) is 11.4. The van der Waals surface area contributed by atoms with Gasteiger partial charge in [-0.1, -0.05) is 18.6 Å². The lowest BCUT2D eigenvalue weighted by Crippen LogP contribution is -2.42. The van der Waals surface area contributed by atoms with Crippen molar-refractivity contribution in [2.24, 2.45) is 0 Å². The van der Waals surface area contributed by atoms with E-state index >= 15 is 0 Å². The van der Waals surface area contributed by atoms with Gasteiger partial charge in [-0.15, -0.1) is 11.8 Å². The zero-order valence-corrected chi connectivity index (χ0v) is 21.0. The van der Waals surface area contributed by atoms with Crippen molar-refractivity contribution >= 4 is 33.4 Å². The molecule has 1 amide bonds. The van der Waals surface area contributed by atoms with Crippen LogP contribution in [0.1, 0.15) is 47.7 Å². The van der Waals surface area contributed by atoms with E-state index in [1.54, 1.807) is 34.4 Å². The van der Waals surface area contributed by atoms with Gasteiger partial charge in [0, 0.05) is 46.9 Å². The number of thioether (sulfide) groups is 1. The summed E-state index contributed by atoms with van der Waals surface area (Å²) in [7, 11) is -3.65. The minimum absolute atomic E-state index is 0.0353. The molecule has 1 fully saturated rings. The summed E-state index contributed by atoms with van der Waals surface area (Å²) in [5.41, 5.74) is 2.90. The number of piperidine rings is 1. The Labute approximate surface area is 205 Å². The van der Waals surface area contributed by atoms with E-state index in [-0.39, 0.29) is 16.8 Å². The summed E-state index contributed by atoms with van der Waals surface area (Å²) in [6.07, 6.45) is 6.36. The van der Waals surface area contributed by atoms with Crippen LogP contribution in [0.25, 0.3) is 0 Å². The van der Waals surface area contributed by atoms with Crippen LogP contribution in [0.15, 0.2) is 76.8 Å². The largest absolute Gasteiger partial charge is 0.322 e. The minimum atomic E-state index is -3.65. The lowest BCUT2D eigenvalue weighted by atomic mass is 10.1. The summed E-state index contributed by atoms with van der Waals surface area (Å²) in [5, 5.41) is 2.90. The van der Waals surface area contributed by atoms with Crippen molar-refractivity contribution in [2.45, 2.75) is 54.7 Å². The smallest absolute Gasteiger partial charge is 0.255 e. The maximum absolute atomic E-state index is 13.2. The first kappa shape index (κ1) is 24.4. The summed E-state index contributed by atoms with van der Waals surface area (Å²) in [5.74, 6) is 0.493. The molecule has 8 heteroatoms. The number of amides is 1. The van der Waals surface area contributed by atoms with Crippen LogP contribution >= 0.6 is 11.8 Å². The SMILES string of the molecule is Cc1ccc(S(=O)(=O)N2CCCC[C@H]2C)cc1C(=O)Nc1ccc(SCc2cccnc2)cc1. The van der Waals surface area contributed by atoms with Crippen LogP contribution < -0.4 is 5.32 Å². The van der Waals surface area contributed by atoms with Gasteiger partial charge in [-0.25, -0.2) is 8.42 Å². The van der Waals surface area contributed by atoms with Crippen molar-refractivity contribution in [3.8, 4) is 0 Å². The Morgan fingerprint density at radius 3 is 2.65 bits per heavy atom. The third-order valence-corrected chi connectivity index (χ3v) is 9.14. The number of aromatic nitrogens is 1. The molecule has 178 valence electrons. The predicted octanol–water partition coefficient (Wildman–Crippen LogP) is 5.50. The van der Waals surface area contributed by atoms with Crippen molar-refractivity contribution < 1.29 is 13.2 Å². The van der Waals surface area contributed by atoms with E-state index in [1.807, 2.05) is 56.4 Å². The first-order valence-corrected chi connectivity index (χ1v) is 13.8. The van der Waals surface area contributed by atoms with Crippen molar-refractivity contribution in [2.75, 3.05) is 11.9 Å². The van der Waals surface area contributed by atoms with Crippen LogP contribution in [0.2, 0.25) is 0 Å². The summed E-state index contributed by atoms with van der Waals surface area (Å²) in [6, 6.07) is 16.4. The number of nitrogens with zero attached hydrogens (tertiary/aromatic N) is 2. The van der Waals surface area contributed by atoms with E-state index in [0.29, 0.717) is 17.8 Å². The molecule has 1 atom stereocenters. The third kappa shape index (κ3) is 5.68. The second kappa shape index (κ2) is 10.7. The van der Waals surface area contributed by atoms with E-state index in [1.165, 1.54) is 6.07 Å². The Balaban J connectivity index is 1.45. The normalized spacial score (nSPS) is 16.8. The molecule has 0 radical (unpaired) electrons. The topological polar surface area (TPSA) is 79.4 Å². The summed E-state index contributed by atoms with van der Waals surface area (Å²) < 4.78 is 28.0. The molecule has 1 saturated heterocycles. The van der Waals surface area contributed by atoms with Crippen LogP contribution in [0.3, 0.4) is 0 Å². The Hall–Kier alpha value is -2.68. The van der Waals surface area contributed by atoms with Crippen molar-refractivity contribution in [1.82, 2.24) is 9.29 Å². The molecule has 1 N–H and O–H groups in total. The molecule has 6 nitrogen and oxygen atoms in total. The molecule has 2 heterocycles. The summed E-state index contributed by atoms with van der Waals surface area (Å²) in [4.78, 5) is 18.4. The van der Waals surface area contributed by atoms with Gasteiger partial charge in [0.15, 0.2) is 0 Å². The molecule has 2 aromatic carbocycles. The number of nitrogens with one attached hydrogen (secondary N) is 1. The van der Waals surface area contributed by atoms with Gasteiger partial charge >= 0.3 is 0 Å². The van der Waals surface area contributed by atoms with Crippen LogP contribution in [-0.2, 0) is 15.8 Å². The number of aryl methyl sites for hydroxylation is 1. The minimum Gasteiger partial charge on any atom is -0.322 e. The molecular formula is C26H29N3O3S2. The first-order chi connectivity index (χ1) is 16.3. The van der Waals surface area contributed by atoms with Gasteiger partial charge < -0.3 is 5.32 Å². The van der Waals surface area contributed by atoms with Gasteiger partial charge in [0.1, 0.15) is 0 Å². The van der Waals surface area contributed by atoms with Crippen molar-refractivity contribution in [3.05, 3.63) is 83.7 Å². The highest BCUT2D eigenvalue weighted by atomic mass is 32.2. The molecular weight excluding hydrogens is 466 g/mol. The molecule has 1 aliphatic rings. The lowest BCUT2D eigenvalue weighted by molar-refractivity contribution is 0.102. The van der Waals surface area contributed by atoms with Crippen molar-refractivity contribution in [1.29, 1.82) is 0 Å². The highest BCUT2D eigenvalue weighted by molar-refractivity contribution is 7.98. The van der Waals surface area contributed by atoms with Gasteiger partial charge in [0.2, 0.25) is 10.0 Å². The number of hydrogen-bond donors (Lipinski definition) is 1. The monoisotopic (exact) mass is 495 g/mol. The molecule has 3 aromatic rings. The number of benzene rings is 2. The second-order valence-corrected chi connectivity index (χ2v) is 11.5. The number of anilines is 1. The standard InChI is InChI=1S/C26H29N3O3S2/c1-19-8-13-24(34(31,32)29-15-4-3-6-20(29)2)16-25(19)26(30)28-22-9-11-23(12-10-22)33-18-21-7-5-14-27-17-21/h5,7-14,16-17,20H,3-4,6,15,18H2,1-2H3,(H,28,30)/t20-/m1/s1. The van der Waals surface area contributed by atoms with Gasteiger partial charge in [-0.3, -0.25) is 9.78 Å². The van der Waals surface area contributed by atoms with Crippen LogP contribution in [-0.4, -0.2) is 36.2 Å². The second-order valence-electron chi connectivity index (χ2n) is 8.57. The average Bonchev–Trinajstić information content (AvgIpc) is 2.84. The van der Waals surface area contributed by atoms with Gasteiger partial charge in [0.05, 0.1) is 4.90 Å². The molecule has 0 saturated carbocycles. The highest BCUT2D eigenvalue weighted by Crippen LogP contribution is 2.27. The molecule has 0 aliphatic carbocycles. The van der Waals surface area contributed by atoms with E-state index in [2.05, 4.69) is 10.3 Å². The van der Waals surface area contributed by atoms with Gasteiger partial charge in [-0.05, 0) is 80.3 Å². The van der Waals surface area contributed by atoms with E-state index in [9.17, 15) is 13.2 Å². The predicted molar refractivity (Wildman–Crippen MR) is 137 cm³/mol. The molecule has 1 aliphatic heterocycles. The quantitative estimate of drug-likeness (QED) is 0.438. The maximum Gasteiger partial charge on any atom is 0.255 e. The number of rotatable bonds is 7. The van der Waals surface area contributed by atoms with Gasteiger partial charge in [-0.2, -0.15) is 4.31 Å². The molecule has 34 heavy (non-hydrogen) atoms. The summed E-state index contributed by atoms with van der Waals surface area (Å²) in [6.45, 7) is 4.27. The van der Waals surface area contributed by atoms with Gasteiger partial charge in [0.25, 0.3) is 5.91 Å². The number of carbonyl (C=O) groups excluding carboxylic acids is 1. The van der Waals surface area contributed by atoms with Crippen molar-refractivity contribution in [3.63, 3.8) is 0 Å². The molecule has 0 spiro atoms. The van der Waals surface area contributed by atoms with E-state index in [0.717, 1.165) is 41.0 Å². The zero-order chi connectivity index (χ0) is 24.1. The lowest BCUT2D eigenvalue weighted by Gasteiger charge is -2.32. The average molecular weight is 496 g/mol. The Morgan fingerprint density at radius 1 is 1.15 bits per heavy atom. The fraction of sp³-hybridized carbons (Fsp3) is 0.308. The van der Waals surface area contributed by atoms with Crippen LogP contribution in [0.5, 0.6) is 0 Å². The zero-order valence-electron chi connectivity index (χ0n) is 19.4. The summed E-state index contributed by atoms with van der Waals surface area (Å²) >= 11 is 1.69. The maximum atomic E-state index is 13.2. The van der Waals surface area contributed by atoms with Crippen LogP contribution in [0, 0.1) is 6.92 Å². The Morgan fingerprint density at radius 2 is 1.94 bits per heavy atom. The third-order valence-electron chi connectivity index (χ3n) is 6.04.